The maximum Gasteiger partial charge on any atom is 0.409 e. The highest BCUT2D eigenvalue weighted by atomic mass is 16.6. The maximum absolute atomic E-state index is 12.2. The minimum atomic E-state index is -1.41. The smallest absolute Gasteiger partial charge is 0.409 e. The second-order valence-electron chi connectivity index (χ2n) is 9.78. The Kier molecular flexibility index (Phi) is 7.91. The van der Waals surface area contributed by atoms with Gasteiger partial charge in [0.15, 0.2) is 23.8 Å². The lowest BCUT2D eigenvalue weighted by molar-refractivity contribution is -0.137. The van der Waals surface area contributed by atoms with Crippen LogP contribution >= 0.6 is 0 Å². The van der Waals surface area contributed by atoms with E-state index in [1.54, 1.807) is 11.8 Å². The first-order valence-corrected chi connectivity index (χ1v) is 12.4. The van der Waals surface area contributed by atoms with Crippen LogP contribution in [0.15, 0.2) is 6.33 Å². The van der Waals surface area contributed by atoms with E-state index in [1.807, 2.05) is 13.8 Å². The van der Waals surface area contributed by atoms with Crippen LogP contribution in [0.4, 0.5) is 10.6 Å². The minimum absolute atomic E-state index is 0.191. The number of aliphatic hydroxyl groups is 2. The largest absolute Gasteiger partial charge is 0.449 e. The van der Waals surface area contributed by atoms with Gasteiger partial charge in [-0.1, -0.05) is 13.8 Å². The van der Waals surface area contributed by atoms with E-state index in [4.69, 9.17) is 15.2 Å². The van der Waals surface area contributed by atoms with E-state index in [2.05, 4.69) is 20.3 Å². The minimum Gasteiger partial charge on any atom is -0.449 e. The number of piperidine rings is 1. The fraction of sp³-hybridized carbons (Fsp3) is 0.696. The number of carbonyl (C=O) groups excluding carboxylic acids is 2. The molecule has 0 aliphatic carbocycles. The number of ether oxygens (including phenoxy) is 2. The molecule has 2 aromatic heterocycles. The highest BCUT2D eigenvalue weighted by molar-refractivity contribution is 5.83. The molecule has 0 saturated carbocycles. The number of amides is 2. The van der Waals surface area contributed by atoms with Crippen molar-refractivity contribution in [3.63, 3.8) is 0 Å². The van der Waals surface area contributed by atoms with Crippen LogP contribution in [-0.2, 0) is 20.7 Å². The molecule has 198 valence electrons. The predicted octanol–water partition coefficient (Wildman–Crippen LogP) is 0.211. The fourth-order valence-corrected chi connectivity index (χ4v) is 4.55. The number of aliphatic hydroxyl groups excluding tert-OH is 2. The monoisotopic (exact) mass is 505 g/mol. The Hall–Kier alpha value is -3.03. The third kappa shape index (κ3) is 5.37. The van der Waals surface area contributed by atoms with Gasteiger partial charge in [0, 0.05) is 26.1 Å². The number of anilines is 1. The van der Waals surface area contributed by atoms with E-state index in [-0.39, 0.29) is 23.7 Å². The van der Waals surface area contributed by atoms with Gasteiger partial charge in [-0.05, 0) is 31.6 Å². The van der Waals surface area contributed by atoms with Crippen LogP contribution in [0.25, 0.3) is 11.2 Å². The summed E-state index contributed by atoms with van der Waals surface area (Å²) in [7, 11) is 0. The van der Waals surface area contributed by atoms with Gasteiger partial charge in [0.05, 0.1) is 12.9 Å². The van der Waals surface area contributed by atoms with E-state index < -0.39 is 30.4 Å². The Bertz CT molecular complexity index is 1080. The van der Waals surface area contributed by atoms with Crippen LogP contribution in [0.5, 0.6) is 0 Å². The topological polar surface area (TPSA) is 178 Å². The molecule has 4 heterocycles. The summed E-state index contributed by atoms with van der Waals surface area (Å²) in [5.74, 6) is 0.735. The fourth-order valence-electron chi connectivity index (χ4n) is 4.55. The lowest BCUT2D eigenvalue weighted by Gasteiger charge is -2.31. The van der Waals surface area contributed by atoms with Crippen molar-refractivity contribution >= 4 is 29.0 Å². The first-order valence-electron chi connectivity index (χ1n) is 12.4. The third-order valence-corrected chi connectivity index (χ3v) is 6.50. The molecular formula is C23H35N7O6. The quantitative estimate of drug-likeness (QED) is 0.406. The number of nitrogens with one attached hydrogen (secondary N) is 1. The van der Waals surface area contributed by atoms with Crippen LogP contribution < -0.4 is 11.1 Å². The molecule has 2 unspecified atom stereocenters. The number of carbonyl (C=O) groups is 2. The van der Waals surface area contributed by atoms with Gasteiger partial charge in [-0.25, -0.2) is 19.7 Å². The SMILES string of the molecule is CCNC(=O)[C@H]1O[C@@H](n2cnc3c(N)nc(CC4CCN(C(=O)OCC(C)C)CC4)nc32)C(O)C1O. The van der Waals surface area contributed by atoms with E-state index in [9.17, 15) is 19.8 Å². The molecular weight excluding hydrogens is 470 g/mol. The third-order valence-electron chi connectivity index (χ3n) is 6.50. The number of rotatable bonds is 7. The summed E-state index contributed by atoms with van der Waals surface area (Å²) >= 11 is 0. The number of nitrogens with zero attached hydrogens (tertiary/aromatic N) is 5. The lowest BCUT2D eigenvalue weighted by Crippen LogP contribution is -2.42. The summed E-state index contributed by atoms with van der Waals surface area (Å²) in [6.07, 6.45) is -1.83. The van der Waals surface area contributed by atoms with Gasteiger partial charge in [0.1, 0.15) is 23.5 Å². The zero-order valence-corrected chi connectivity index (χ0v) is 20.8. The van der Waals surface area contributed by atoms with Crippen molar-refractivity contribution in [1.82, 2.24) is 29.7 Å². The molecule has 2 fully saturated rings. The molecule has 4 rings (SSSR count). The highest BCUT2D eigenvalue weighted by Crippen LogP contribution is 2.32. The number of fused-ring (bicyclic) bond motifs is 1. The number of likely N-dealkylation sites (tertiary alicyclic amines) is 1. The number of likely N-dealkylation sites (N-methyl/N-ethyl adjacent to an activating group) is 1. The Morgan fingerprint density at radius 1 is 1.25 bits per heavy atom. The second-order valence-corrected chi connectivity index (χ2v) is 9.78. The Morgan fingerprint density at radius 3 is 2.64 bits per heavy atom. The van der Waals surface area contributed by atoms with Crippen LogP contribution in [-0.4, -0.2) is 91.2 Å². The van der Waals surface area contributed by atoms with Crippen molar-refractivity contribution in [2.75, 3.05) is 32.0 Å². The van der Waals surface area contributed by atoms with E-state index in [1.165, 1.54) is 10.9 Å². The summed E-state index contributed by atoms with van der Waals surface area (Å²) in [5, 5.41) is 23.6. The molecule has 4 atom stereocenters. The van der Waals surface area contributed by atoms with Gasteiger partial charge in [-0.15, -0.1) is 0 Å². The normalized spacial score (nSPS) is 25.0. The van der Waals surface area contributed by atoms with Gasteiger partial charge < -0.3 is 35.6 Å². The van der Waals surface area contributed by atoms with E-state index in [0.29, 0.717) is 49.7 Å². The van der Waals surface area contributed by atoms with Crippen LogP contribution in [0.3, 0.4) is 0 Å². The molecule has 2 aliphatic heterocycles. The second kappa shape index (κ2) is 10.9. The van der Waals surface area contributed by atoms with Crippen molar-refractivity contribution in [3.05, 3.63) is 12.2 Å². The molecule has 5 N–H and O–H groups in total. The number of imidazole rings is 1. The van der Waals surface area contributed by atoms with Crippen molar-refractivity contribution in [1.29, 1.82) is 0 Å². The molecule has 36 heavy (non-hydrogen) atoms. The molecule has 13 nitrogen and oxygen atoms in total. The Labute approximate surface area is 209 Å². The van der Waals surface area contributed by atoms with Gasteiger partial charge in [-0.2, -0.15) is 0 Å². The molecule has 0 aromatic carbocycles. The van der Waals surface area contributed by atoms with Crippen molar-refractivity contribution in [2.45, 2.75) is 64.6 Å². The molecule has 0 bridgehead atoms. The number of aromatic nitrogens is 4. The molecule has 2 saturated heterocycles. The van der Waals surface area contributed by atoms with E-state index in [0.717, 1.165) is 12.8 Å². The summed E-state index contributed by atoms with van der Waals surface area (Å²) < 4.78 is 12.5. The highest BCUT2D eigenvalue weighted by Gasteiger charge is 2.47. The number of nitrogen functional groups attached to an aromatic ring is 1. The lowest BCUT2D eigenvalue weighted by atomic mass is 9.93. The zero-order chi connectivity index (χ0) is 26.0. The predicted molar refractivity (Wildman–Crippen MR) is 129 cm³/mol. The average molecular weight is 506 g/mol. The summed E-state index contributed by atoms with van der Waals surface area (Å²) in [5.41, 5.74) is 6.85. The first-order chi connectivity index (χ1) is 17.2. The van der Waals surface area contributed by atoms with Gasteiger partial charge in [0.2, 0.25) is 0 Å². The zero-order valence-electron chi connectivity index (χ0n) is 20.8. The van der Waals surface area contributed by atoms with Crippen molar-refractivity contribution in [2.24, 2.45) is 11.8 Å². The van der Waals surface area contributed by atoms with Gasteiger partial charge in [0.25, 0.3) is 5.91 Å². The van der Waals surface area contributed by atoms with Gasteiger partial charge in [-0.3, -0.25) is 9.36 Å². The maximum atomic E-state index is 12.2. The number of hydrogen-bond acceptors (Lipinski definition) is 10. The number of nitrogens with two attached hydrogens (primary N) is 1. The van der Waals surface area contributed by atoms with Crippen LogP contribution in [0.1, 0.15) is 45.7 Å². The summed E-state index contributed by atoms with van der Waals surface area (Å²) in [6.45, 7) is 7.71. The molecule has 2 aliphatic rings. The van der Waals surface area contributed by atoms with Crippen molar-refractivity contribution in [3.8, 4) is 0 Å². The standard InChI is InChI=1S/C23H35N7O6/c1-4-25-21(33)18-16(31)17(32)22(36-18)30-11-26-15-19(24)27-14(28-20(15)30)9-13-5-7-29(8-6-13)23(34)35-10-12(2)3/h11-13,16-18,22,31-32H,4-10H2,1-3H3,(H,25,33)(H2,24,27,28)/t16?,17?,18-,22+/m0/s1. The van der Waals surface area contributed by atoms with Crippen LogP contribution in [0.2, 0.25) is 0 Å². The molecule has 2 aromatic rings. The van der Waals surface area contributed by atoms with Crippen molar-refractivity contribution < 1.29 is 29.3 Å². The molecule has 13 heteroatoms. The van der Waals surface area contributed by atoms with Crippen LogP contribution in [0, 0.1) is 11.8 Å². The summed E-state index contributed by atoms with van der Waals surface area (Å²) in [6, 6.07) is 0. The first kappa shape index (κ1) is 26.0. The molecule has 2 amide bonds. The Morgan fingerprint density at radius 2 is 1.97 bits per heavy atom. The number of hydrogen-bond donors (Lipinski definition) is 4. The Balaban J connectivity index is 1.46. The molecule has 0 radical (unpaired) electrons. The molecule has 0 spiro atoms. The van der Waals surface area contributed by atoms with E-state index >= 15 is 0 Å². The van der Waals surface area contributed by atoms with Gasteiger partial charge >= 0.3 is 6.09 Å². The average Bonchev–Trinajstić information content (AvgIpc) is 3.39. The summed E-state index contributed by atoms with van der Waals surface area (Å²) in [4.78, 5) is 39.5.